The number of aryl methyl sites for hydroxylation is 1. The zero-order chi connectivity index (χ0) is 10.6. The second kappa shape index (κ2) is 4.74. The molecule has 76 valence electrons. The SMILES string of the molecule is CCN(CC)C(=O)c1ccc(C)cn1. The molecule has 0 aliphatic rings. The van der Waals surface area contributed by atoms with E-state index in [9.17, 15) is 4.79 Å². The first kappa shape index (κ1) is 10.7. The fourth-order valence-corrected chi connectivity index (χ4v) is 1.27. The van der Waals surface area contributed by atoms with Crippen molar-refractivity contribution in [1.29, 1.82) is 0 Å². The van der Waals surface area contributed by atoms with E-state index < -0.39 is 0 Å². The lowest BCUT2D eigenvalue weighted by Crippen LogP contribution is -2.31. The number of aromatic nitrogens is 1. The van der Waals surface area contributed by atoms with E-state index in [0.717, 1.165) is 18.7 Å². The second-order valence-corrected chi connectivity index (χ2v) is 3.20. The molecule has 0 radical (unpaired) electrons. The van der Waals surface area contributed by atoms with Crippen molar-refractivity contribution in [3.63, 3.8) is 0 Å². The molecule has 1 heterocycles. The third kappa shape index (κ3) is 2.31. The molecule has 1 amide bonds. The topological polar surface area (TPSA) is 33.2 Å². The van der Waals surface area contributed by atoms with Crippen molar-refractivity contribution in [2.45, 2.75) is 20.8 Å². The van der Waals surface area contributed by atoms with Gasteiger partial charge in [0.25, 0.3) is 5.91 Å². The Balaban J connectivity index is 2.83. The Morgan fingerprint density at radius 3 is 2.43 bits per heavy atom. The number of rotatable bonds is 3. The number of carbonyl (C=O) groups excluding carboxylic acids is 1. The first-order chi connectivity index (χ1) is 6.69. The van der Waals surface area contributed by atoms with Gasteiger partial charge in [-0.1, -0.05) is 6.07 Å². The van der Waals surface area contributed by atoms with Crippen LogP contribution in [0.25, 0.3) is 0 Å². The van der Waals surface area contributed by atoms with Gasteiger partial charge in [0.15, 0.2) is 0 Å². The molecular weight excluding hydrogens is 176 g/mol. The van der Waals surface area contributed by atoms with Gasteiger partial charge in [-0.05, 0) is 32.4 Å². The Morgan fingerprint density at radius 1 is 1.36 bits per heavy atom. The fourth-order valence-electron chi connectivity index (χ4n) is 1.27. The van der Waals surface area contributed by atoms with Gasteiger partial charge in [0.05, 0.1) is 0 Å². The maximum atomic E-state index is 11.8. The van der Waals surface area contributed by atoms with Gasteiger partial charge >= 0.3 is 0 Å². The molecule has 0 aliphatic carbocycles. The van der Waals surface area contributed by atoms with Crippen LogP contribution in [-0.4, -0.2) is 28.9 Å². The summed E-state index contributed by atoms with van der Waals surface area (Å²) in [4.78, 5) is 17.6. The van der Waals surface area contributed by atoms with Crippen molar-refractivity contribution >= 4 is 5.91 Å². The Labute approximate surface area is 84.8 Å². The molecular formula is C11H16N2O. The summed E-state index contributed by atoms with van der Waals surface area (Å²) in [5.41, 5.74) is 1.60. The lowest BCUT2D eigenvalue weighted by molar-refractivity contribution is 0.0767. The van der Waals surface area contributed by atoms with Crippen LogP contribution in [0.15, 0.2) is 18.3 Å². The Hall–Kier alpha value is -1.38. The van der Waals surface area contributed by atoms with Crippen molar-refractivity contribution in [3.05, 3.63) is 29.6 Å². The van der Waals surface area contributed by atoms with Gasteiger partial charge in [-0.3, -0.25) is 9.78 Å². The van der Waals surface area contributed by atoms with Crippen LogP contribution in [-0.2, 0) is 0 Å². The van der Waals surface area contributed by atoms with Gasteiger partial charge in [-0.2, -0.15) is 0 Å². The average Bonchev–Trinajstić information content (AvgIpc) is 2.20. The summed E-state index contributed by atoms with van der Waals surface area (Å²) >= 11 is 0. The minimum Gasteiger partial charge on any atom is -0.338 e. The molecule has 0 N–H and O–H groups in total. The van der Waals surface area contributed by atoms with Crippen molar-refractivity contribution in [2.75, 3.05) is 13.1 Å². The summed E-state index contributed by atoms with van der Waals surface area (Å²) in [6.07, 6.45) is 1.72. The van der Waals surface area contributed by atoms with E-state index in [1.54, 1.807) is 17.2 Å². The van der Waals surface area contributed by atoms with Gasteiger partial charge in [-0.15, -0.1) is 0 Å². The third-order valence-corrected chi connectivity index (χ3v) is 2.18. The molecule has 0 aliphatic heterocycles. The number of pyridine rings is 1. The van der Waals surface area contributed by atoms with Crippen LogP contribution < -0.4 is 0 Å². The smallest absolute Gasteiger partial charge is 0.272 e. The highest BCUT2D eigenvalue weighted by Crippen LogP contribution is 2.03. The first-order valence-electron chi connectivity index (χ1n) is 4.91. The molecule has 0 saturated heterocycles. The Bertz CT molecular complexity index is 302. The zero-order valence-corrected chi connectivity index (χ0v) is 8.95. The molecule has 1 rings (SSSR count). The van der Waals surface area contributed by atoms with Crippen LogP contribution in [0, 0.1) is 6.92 Å². The lowest BCUT2D eigenvalue weighted by Gasteiger charge is -2.17. The average molecular weight is 192 g/mol. The zero-order valence-electron chi connectivity index (χ0n) is 8.95. The van der Waals surface area contributed by atoms with Crippen LogP contribution in [0.5, 0.6) is 0 Å². The van der Waals surface area contributed by atoms with Crippen molar-refractivity contribution in [3.8, 4) is 0 Å². The molecule has 0 spiro atoms. The normalized spacial score (nSPS) is 9.93. The third-order valence-electron chi connectivity index (χ3n) is 2.18. The van der Waals surface area contributed by atoms with Crippen molar-refractivity contribution in [1.82, 2.24) is 9.88 Å². The standard InChI is InChI=1S/C11H16N2O/c1-4-13(5-2)11(14)10-7-6-9(3)8-12-10/h6-8H,4-5H2,1-3H3. The molecule has 0 fully saturated rings. The first-order valence-corrected chi connectivity index (χ1v) is 4.91. The molecule has 0 aromatic carbocycles. The summed E-state index contributed by atoms with van der Waals surface area (Å²) in [6, 6.07) is 3.68. The summed E-state index contributed by atoms with van der Waals surface area (Å²) in [5, 5.41) is 0. The molecule has 3 nitrogen and oxygen atoms in total. The van der Waals surface area contributed by atoms with Gasteiger partial charge in [0, 0.05) is 19.3 Å². The molecule has 1 aromatic heterocycles. The Kier molecular flexibility index (Phi) is 3.63. The van der Waals surface area contributed by atoms with Crippen molar-refractivity contribution < 1.29 is 4.79 Å². The van der Waals surface area contributed by atoms with E-state index >= 15 is 0 Å². The maximum Gasteiger partial charge on any atom is 0.272 e. The molecule has 3 heteroatoms. The number of amides is 1. The monoisotopic (exact) mass is 192 g/mol. The maximum absolute atomic E-state index is 11.8. The molecule has 0 atom stereocenters. The van der Waals surface area contributed by atoms with Crippen LogP contribution in [0.4, 0.5) is 0 Å². The predicted octanol–water partition coefficient (Wildman–Crippen LogP) is 1.87. The molecule has 0 saturated carbocycles. The van der Waals surface area contributed by atoms with Crippen LogP contribution >= 0.6 is 0 Å². The summed E-state index contributed by atoms with van der Waals surface area (Å²) in [6.45, 7) is 7.35. The summed E-state index contributed by atoms with van der Waals surface area (Å²) in [5.74, 6) is 0.00926. The highest BCUT2D eigenvalue weighted by atomic mass is 16.2. The van der Waals surface area contributed by atoms with E-state index in [0.29, 0.717) is 5.69 Å². The number of carbonyl (C=O) groups is 1. The van der Waals surface area contributed by atoms with Crippen LogP contribution in [0.2, 0.25) is 0 Å². The molecule has 14 heavy (non-hydrogen) atoms. The Morgan fingerprint density at radius 2 is 2.00 bits per heavy atom. The van der Waals surface area contributed by atoms with E-state index in [4.69, 9.17) is 0 Å². The van der Waals surface area contributed by atoms with Gasteiger partial charge in [0.1, 0.15) is 5.69 Å². The second-order valence-electron chi connectivity index (χ2n) is 3.20. The minimum absolute atomic E-state index is 0.00926. The minimum atomic E-state index is 0.00926. The number of hydrogen-bond donors (Lipinski definition) is 0. The number of hydrogen-bond acceptors (Lipinski definition) is 2. The quantitative estimate of drug-likeness (QED) is 0.732. The molecule has 0 unspecified atom stereocenters. The van der Waals surface area contributed by atoms with Crippen LogP contribution in [0.3, 0.4) is 0 Å². The van der Waals surface area contributed by atoms with Crippen molar-refractivity contribution in [2.24, 2.45) is 0 Å². The molecule has 0 bridgehead atoms. The van der Waals surface area contributed by atoms with Gasteiger partial charge in [0.2, 0.25) is 0 Å². The van der Waals surface area contributed by atoms with Crippen LogP contribution in [0.1, 0.15) is 29.9 Å². The van der Waals surface area contributed by atoms with E-state index in [-0.39, 0.29) is 5.91 Å². The van der Waals surface area contributed by atoms with Gasteiger partial charge in [-0.25, -0.2) is 0 Å². The van der Waals surface area contributed by atoms with Gasteiger partial charge < -0.3 is 4.90 Å². The number of nitrogens with zero attached hydrogens (tertiary/aromatic N) is 2. The lowest BCUT2D eigenvalue weighted by atomic mass is 10.2. The molecule has 1 aromatic rings. The predicted molar refractivity (Wildman–Crippen MR) is 56.2 cm³/mol. The van der Waals surface area contributed by atoms with E-state index in [2.05, 4.69) is 4.98 Å². The van der Waals surface area contributed by atoms with E-state index in [1.165, 1.54) is 0 Å². The van der Waals surface area contributed by atoms with E-state index in [1.807, 2.05) is 26.8 Å². The summed E-state index contributed by atoms with van der Waals surface area (Å²) < 4.78 is 0. The summed E-state index contributed by atoms with van der Waals surface area (Å²) in [7, 11) is 0. The largest absolute Gasteiger partial charge is 0.338 e. The fraction of sp³-hybridized carbons (Fsp3) is 0.455. The highest BCUT2D eigenvalue weighted by molar-refractivity contribution is 5.92. The highest BCUT2D eigenvalue weighted by Gasteiger charge is 2.12.